The van der Waals surface area contributed by atoms with Crippen LogP contribution in [0.2, 0.25) is 0 Å². The highest BCUT2D eigenvalue weighted by molar-refractivity contribution is 5.82. The number of likely N-dealkylation sites (tertiary alicyclic amines) is 1. The molecule has 17 heavy (non-hydrogen) atoms. The topological polar surface area (TPSA) is 46.3 Å². The highest BCUT2D eigenvalue weighted by Crippen LogP contribution is 2.24. The van der Waals surface area contributed by atoms with Crippen LogP contribution in [0.5, 0.6) is 0 Å². The summed E-state index contributed by atoms with van der Waals surface area (Å²) in [6.45, 7) is 2.61. The smallest absolute Gasteiger partial charge is 0.239 e. The first-order chi connectivity index (χ1) is 8.09. The van der Waals surface area contributed by atoms with Gasteiger partial charge >= 0.3 is 0 Å². The Balaban J connectivity index is 2.19. The molecule has 1 aliphatic rings. The summed E-state index contributed by atoms with van der Waals surface area (Å²) in [5.41, 5.74) is 6.56. The summed E-state index contributed by atoms with van der Waals surface area (Å²) in [6, 6.07) is 5.85. The Kier molecular flexibility index (Phi) is 3.43. The molecule has 2 atom stereocenters. The lowest BCUT2D eigenvalue weighted by Crippen LogP contribution is -2.49. The minimum absolute atomic E-state index is 0.0342. The monoisotopic (exact) mass is 236 g/mol. The maximum atomic E-state index is 13.1. The second-order valence-corrected chi connectivity index (χ2v) is 4.51. The third kappa shape index (κ3) is 2.47. The zero-order valence-corrected chi connectivity index (χ0v) is 9.90. The predicted octanol–water partition coefficient (Wildman–Crippen LogP) is 1.84. The quantitative estimate of drug-likeness (QED) is 0.851. The summed E-state index contributed by atoms with van der Waals surface area (Å²) >= 11 is 0. The third-order valence-electron chi connectivity index (χ3n) is 3.31. The largest absolute Gasteiger partial charge is 0.335 e. The van der Waals surface area contributed by atoms with Gasteiger partial charge in [-0.1, -0.05) is 12.1 Å². The molecule has 2 rings (SSSR count). The minimum Gasteiger partial charge on any atom is -0.335 e. The van der Waals surface area contributed by atoms with Crippen LogP contribution in [0.1, 0.15) is 31.4 Å². The van der Waals surface area contributed by atoms with Gasteiger partial charge in [0.1, 0.15) is 5.82 Å². The lowest BCUT2D eigenvalue weighted by atomic mass is 10.00. The average Bonchev–Trinajstić information content (AvgIpc) is 2.32. The van der Waals surface area contributed by atoms with E-state index in [1.165, 1.54) is 12.1 Å². The molecule has 1 fully saturated rings. The number of nitrogens with zero attached hydrogens (tertiary/aromatic N) is 1. The molecule has 0 aliphatic carbocycles. The van der Waals surface area contributed by atoms with Crippen LogP contribution in [0.4, 0.5) is 4.39 Å². The van der Waals surface area contributed by atoms with Crippen LogP contribution in [0.15, 0.2) is 24.3 Å². The Labute approximate surface area is 100 Å². The first-order valence-corrected chi connectivity index (χ1v) is 5.91. The second kappa shape index (κ2) is 4.84. The van der Waals surface area contributed by atoms with Crippen molar-refractivity contribution in [1.82, 2.24) is 4.90 Å². The number of carbonyl (C=O) groups is 1. The molecule has 1 heterocycles. The molecular formula is C13H17FN2O. The van der Waals surface area contributed by atoms with Gasteiger partial charge in [-0.15, -0.1) is 0 Å². The van der Waals surface area contributed by atoms with Crippen LogP contribution in [0.25, 0.3) is 0 Å². The van der Waals surface area contributed by atoms with E-state index in [9.17, 15) is 9.18 Å². The Bertz CT molecular complexity index is 422. The summed E-state index contributed by atoms with van der Waals surface area (Å²) in [5, 5.41) is 0. The lowest BCUT2D eigenvalue weighted by Gasteiger charge is -2.35. The highest BCUT2D eigenvalue weighted by Gasteiger charge is 2.29. The summed E-state index contributed by atoms with van der Waals surface area (Å²) in [6.07, 6.45) is 1.65. The van der Waals surface area contributed by atoms with Crippen molar-refractivity contribution in [3.8, 4) is 0 Å². The molecule has 1 aromatic rings. The molecule has 0 aromatic heterocycles. The van der Waals surface area contributed by atoms with Crippen LogP contribution < -0.4 is 5.73 Å². The molecule has 0 spiro atoms. The normalized spacial score (nSPS) is 22.6. The fourth-order valence-corrected chi connectivity index (χ4v) is 2.26. The number of amides is 1. The zero-order valence-electron chi connectivity index (χ0n) is 9.90. The van der Waals surface area contributed by atoms with Crippen molar-refractivity contribution in [2.75, 3.05) is 6.54 Å². The van der Waals surface area contributed by atoms with Gasteiger partial charge in [-0.2, -0.15) is 0 Å². The van der Waals surface area contributed by atoms with Crippen LogP contribution >= 0.6 is 0 Å². The summed E-state index contributed by atoms with van der Waals surface area (Å²) in [5.74, 6) is -0.309. The summed E-state index contributed by atoms with van der Waals surface area (Å²) < 4.78 is 13.1. The molecule has 0 saturated carbocycles. The Morgan fingerprint density at radius 1 is 1.53 bits per heavy atom. The van der Waals surface area contributed by atoms with Gasteiger partial charge in [0, 0.05) is 6.54 Å². The number of rotatable bonds is 2. The molecule has 1 saturated heterocycles. The van der Waals surface area contributed by atoms with Crippen molar-refractivity contribution >= 4 is 5.91 Å². The van der Waals surface area contributed by atoms with Crippen molar-refractivity contribution in [2.45, 2.75) is 31.8 Å². The summed E-state index contributed by atoms with van der Waals surface area (Å²) in [4.78, 5) is 13.7. The van der Waals surface area contributed by atoms with Gasteiger partial charge in [0.2, 0.25) is 5.91 Å². The molecule has 0 radical (unpaired) electrons. The molecule has 4 heteroatoms. The molecule has 1 aromatic carbocycles. The molecule has 1 amide bonds. The zero-order chi connectivity index (χ0) is 12.4. The van der Waals surface area contributed by atoms with Gasteiger partial charge in [-0.05, 0) is 37.5 Å². The third-order valence-corrected chi connectivity index (χ3v) is 3.31. The van der Waals surface area contributed by atoms with E-state index in [1.807, 2.05) is 13.0 Å². The van der Waals surface area contributed by atoms with Gasteiger partial charge in [-0.25, -0.2) is 4.39 Å². The van der Waals surface area contributed by atoms with E-state index in [0.717, 1.165) is 18.4 Å². The fourth-order valence-electron chi connectivity index (χ4n) is 2.26. The van der Waals surface area contributed by atoms with Crippen molar-refractivity contribution in [3.05, 3.63) is 35.6 Å². The van der Waals surface area contributed by atoms with E-state index < -0.39 is 6.04 Å². The van der Waals surface area contributed by atoms with Crippen LogP contribution in [-0.2, 0) is 4.79 Å². The molecular weight excluding hydrogens is 219 g/mol. The first kappa shape index (κ1) is 12.0. The van der Waals surface area contributed by atoms with E-state index in [0.29, 0.717) is 6.54 Å². The molecule has 2 unspecified atom stereocenters. The number of halogens is 1. The number of carbonyl (C=O) groups excluding carboxylic acids is 1. The molecule has 1 aliphatic heterocycles. The second-order valence-electron chi connectivity index (χ2n) is 4.51. The van der Waals surface area contributed by atoms with Crippen molar-refractivity contribution in [1.29, 1.82) is 0 Å². The minimum atomic E-state index is -0.403. The number of hydrogen-bond donors (Lipinski definition) is 1. The van der Waals surface area contributed by atoms with Gasteiger partial charge in [0.15, 0.2) is 0 Å². The van der Waals surface area contributed by atoms with Gasteiger partial charge in [0.25, 0.3) is 0 Å². The number of hydrogen-bond acceptors (Lipinski definition) is 2. The van der Waals surface area contributed by atoms with E-state index >= 15 is 0 Å². The number of nitrogens with two attached hydrogens (primary N) is 1. The van der Waals surface area contributed by atoms with Crippen molar-refractivity contribution < 1.29 is 9.18 Å². The van der Waals surface area contributed by atoms with Crippen molar-refractivity contribution in [2.24, 2.45) is 5.73 Å². The first-order valence-electron chi connectivity index (χ1n) is 5.91. The fraction of sp³-hybridized carbons (Fsp3) is 0.462. The van der Waals surface area contributed by atoms with Crippen LogP contribution in [-0.4, -0.2) is 23.4 Å². The van der Waals surface area contributed by atoms with E-state index in [-0.39, 0.29) is 17.8 Å². The maximum Gasteiger partial charge on any atom is 0.239 e. The lowest BCUT2D eigenvalue weighted by molar-refractivity contribution is -0.137. The van der Waals surface area contributed by atoms with E-state index in [2.05, 4.69) is 0 Å². The maximum absolute atomic E-state index is 13.1. The molecule has 92 valence electrons. The Morgan fingerprint density at radius 3 is 3.00 bits per heavy atom. The average molecular weight is 236 g/mol. The number of benzene rings is 1. The van der Waals surface area contributed by atoms with Crippen molar-refractivity contribution in [3.63, 3.8) is 0 Å². The predicted molar refractivity (Wildman–Crippen MR) is 63.7 cm³/mol. The van der Waals surface area contributed by atoms with Gasteiger partial charge in [0.05, 0.1) is 12.1 Å². The van der Waals surface area contributed by atoms with E-state index in [1.54, 1.807) is 11.0 Å². The molecule has 2 N–H and O–H groups in total. The van der Waals surface area contributed by atoms with Crippen LogP contribution in [0.3, 0.4) is 0 Å². The van der Waals surface area contributed by atoms with Gasteiger partial charge in [-0.3, -0.25) is 4.79 Å². The van der Waals surface area contributed by atoms with Gasteiger partial charge < -0.3 is 10.6 Å². The molecule has 0 bridgehead atoms. The van der Waals surface area contributed by atoms with E-state index in [4.69, 9.17) is 5.73 Å². The highest BCUT2D eigenvalue weighted by atomic mass is 19.1. The SMILES string of the molecule is CC(c1cccc(F)c1)N1CCCC(N)C1=O. The molecule has 3 nitrogen and oxygen atoms in total. The Morgan fingerprint density at radius 2 is 2.29 bits per heavy atom. The summed E-state index contributed by atoms with van der Waals surface area (Å²) in [7, 11) is 0. The standard InChI is InChI=1S/C13H17FN2O/c1-9(10-4-2-5-11(14)8-10)16-7-3-6-12(15)13(16)17/h2,4-5,8-9,12H,3,6-7,15H2,1H3. The number of piperidine rings is 1. The Hall–Kier alpha value is -1.42. The van der Waals surface area contributed by atoms with Crippen LogP contribution in [0, 0.1) is 5.82 Å².